The quantitative estimate of drug-likeness (QED) is 0.861. The number of rotatable bonds is 6. The Labute approximate surface area is 129 Å². The van der Waals surface area contributed by atoms with Crippen molar-refractivity contribution in [3.63, 3.8) is 0 Å². The number of nitrogens with one attached hydrogen (secondary N) is 1. The first kappa shape index (κ1) is 14.4. The van der Waals surface area contributed by atoms with Gasteiger partial charge < -0.3 is 15.0 Å². The molecule has 1 heterocycles. The van der Waals surface area contributed by atoms with Gasteiger partial charge in [-0.25, -0.2) is 0 Å². The van der Waals surface area contributed by atoms with Gasteiger partial charge in [0.2, 0.25) is 0 Å². The molecule has 1 saturated carbocycles. The fraction of sp³-hybridized carbons (Fsp3) is 0.625. The second kappa shape index (κ2) is 6.46. The zero-order valence-electron chi connectivity index (χ0n) is 12.1. The maximum absolute atomic E-state index is 5.75. The molecule has 3 rings (SSSR count). The third-order valence-corrected chi connectivity index (χ3v) is 4.61. The van der Waals surface area contributed by atoms with Crippen LogP contribution in [0, 0.1) is 0 Å². The Bertz CT molecular complexity index is 456. The number of anilines is 1. The lowest BCUT2D eigenvalue weighted by Gasteiger charge is -2.25. The Morgan fingerprint density at radius 1 is 1.35 bits per heavy atom. The molecule has 1 aromatic rings. The predicted octanol–water partition coefficient (Wildman–Crippen LogP) is 3.32. The largest absolute Gasteiger partial charge is 0.376 e. The summed E-state index contributed by atoms with van der Waals surface area (Å²) < 4.78 is 6.89. The molecule has 2 fully saturated rings. The van der Waals surface area contributed by atoms with Crippen LogP contribution in [0.1, 0.15) is 31.2 Å². The van der Waals surface area contributed by atoms with Crippen molar-refractivity contribution in [1.29, 1.82) is 0 Å². The number of ether oxygens (including phenoxy) is 1. The van der Waals surface area contributed by atoms with Crippen LogP contribution in [0.15, 0.2) is 22.7 Å². The topological polar surface area (TPSA) is 24.5 Å². The van der Waals surface area contributed by atoms with E-state index < -0.39 is 0 Å². The van der Waals surface area contributed by atoms with E-state index in [1.165, 1.54) is 36.9 Å². The smallest absolute Gasteiger partial charge is 0.0750 e. The van der Waals surface area contributed by atoms with E-state index in [0.29, 0.717) is 6.10 Å². The summed E-state index contributed by atoms with van der Waals surface area (Å²) in [6.45, 7) is 2.86. The zero-order valence-corrected chi connectivity index (χ0v) is 13.7. The van der Waals surface area contributed by atoms with Gasteiger partial charge in [-0.3, -0.25) is 0 Å². The highest BCUT2D eigenvalue weighted by atomic mass is 79.9. The van der Waals surface area contributed by atoms with Crippen molar-refractivity contribution in [2.45, 2.75) is 44.4 Å². The van der Waals surface area contributed by atoms with Gasteiger partial charge in [-0.05, 0) is 43.4 Å². The average Bonchev–Trinajstić information content (AvgIpc) is 3.13. The molecule has 0 amide bonds. The summed E-state index contributed by atoms with van der Waals surface area (Å²) in [6, 6.07) is 7.32. The number of nitrogens with zero attached hydrogens (tertiary/aromatic N) is 1. The molecular weight excluding hydrogens is 316 g/mol. The van der Waals surface area contributed by atoms with E-state index in [9.17, 15) is 0 Å². The molecule has 1 saturated heterocycles. The molecule has 1 aliphatic carbocycles. The van der Waals surface area contributed by atoms with Crippen molar-refractivity contribution in [3.8, 4) is 0 Å². The van der Waals surface area contributed by atoms with Crippen LogP contribution in [-0.4, -0.2) is 32.3 Å². The molecule has 4 heteroatoms. The minimum atomic E-state index is 0.392. The molecule has 1 aromatic carbocycles. The highest BCUT2D eigenvalue weighted by molar-refractivity contribution is 9.10. The molecule has 1 aliphatic heterocycles. The number of hydrogen-bond acceptors (Lipinski definition) is 3. The van der Waals surface area contributed by atoms with E-state index in [0.717, 1.165) is 30.2 Å². The average molecular weight is 339 g/mol. The van der Waals surface area contributed by atoms with Gasteiger partial charge in [0, 0.05) is 42.9 Å². The number of likely N-dealkylation sites (N-methyl/N-ethyl adjacent to an activating group) is 1. The summed E-state index contributed by atoms with van der Waals surface area (Å²) in [6.07, 6.45) is 5.44. The normalized spacial score (nSPS) is 22.2. The monoisotopic (exact) mass is 338 g/mol. The van der Waals surface area contributed by atoms with E-state index in [-0.39, 0.29) is 0 Å². The number of hydrogen-bond donors (Lipinski definition) is 1. The lowest BCUT2D eigenvalue weighted by Crippen LogP contribution is -2.30. The SMILES string of the molecule is CN(CC1CCCO1)c1cc(Br)ccc1CNC1CC1. The lowest BCUT2D eigenvalue weighted by molar-refractivity contribution is 0.116. The third-order valence-electron chi connectivity index (χ3n) is 4.12. The van der Waals surface area contributed by atoms with Crippen molar-refractivity contribution in [3.05, 3.63) is 28.2 Å². The van der Waals surface area contributed by atoms with E-state index in [1.54, 1.807) is 0 Å². The molecule has 0 spiro atoms. The number of benzene rings is 1. The first-order chi connectivity index (χ1) is 9.72. The number of halogens is 1. The standard InChI is InChI=1S/C16H23BrN2O/c1-19(11-15-3-2-8-20-15)16-9-13(17)5-4-12(16)10-18-14-6-7-14/h4-5,9,14-15,18H,2-3,6-8,10-11H2,1H3. The van der Waals surface area contributed by atoms with Crippen molar-refractivity contribution in [2.75, 3.05) is 25.1 Å². The first-order valence-corrected chi connectivity index (χ1v) is 8.36. The van der Waals surface area contributed by atoms with Gasteiger partial charge in [-0.2, -0.15) is 0 Å². The van der Waals surface area contributed by atoms with E-state index in [4.69, 9.17) is 4.74 Å². The van der Waals surface area contributed by atoms with Gasteiger partial charge in [-0.1, -0.05) is 22.0 Å². The molecule has 1 N–H and O–H groups in total. The van der Waals surface area contributed by atoms with Crippen molar-refractivity contribution in [2.24, 2.45) is 0 Å². The van der Waals surface area contributed by atoms with Crippen LogP contribution in [0.3, 0.4) is 0 Å². The second-order valence-electron chi connectivity index (χ2n) is 5.94. The Hall–Kier alpha value is -0.580. The minimum Gasteiger partial charge on any atom is -0.376 e. The molecular formula is C16H23BrN2O. The second-order valence-corrected chi connectivity index (χ2v) is 6.86. The van der Waals surface area contributed by atoms with Crippen molar-refractivity contribution in [1.82, 2.24) is 5.32 Å². The summed E-state index contributed by atoms with van der Waals surface area (Å²) in [7, 11) is 2.17. The fourth-order valence-electron chi connectivity index (χ4n) is 2.78. The molecule has 0 aromatic heterocycles. The Balaban J connectivity index is 1.68. The Morgan fingerprint density at radius 2 is 2.20 bits per heavy atom. The summed E-state index contributed by atoms with van der Waals surface area (Å²) in [5.41, 5.74) is 2.68. The summed E-state index contributed by atoms with van der Waals surface area (Å²) in [5.74, 6) is 0. The van der Waals surface area contributed by atoms with Crippen LogP contribution in [0.2, 0.25) is 0 Å². The fourth-order valence-corrected chi connectivity index (χ4v) is 3.12. The summed E-state index contributed by atoms with van der Waals surface area (Å²) >= 11 is 3.59. The summed E-state index contributed by atoms with van der Waals surface area (Å²) in [4.78, 5) is 2.34. The highest BCUT2D eigenvalue weighted by Crippen LogP contribution is 2.27. The lowest BCUT2D eigenvalue weighted by atomic mass is 10.1. The third kappa shape index (κ3) is 3.74. The molecule has 1 atom stereocenters. The Kier molecular flexibility index (Phi) is 4.64. The van der Waals surface area contributed by atoms with Crippen LogP contribution in [0.5, 0.6) is 0 Å². The van der Waals surface area contributed by atoms with Crippen LogP contribution < -0.4 is 10.2 Å². The molecule has 0 radical (unpaired) electrons. The zero-order chi connectivity index (χ0) is 13.9. The van der Waals surface area contributed by atoms with Gasteiger partial charge >= 0.3 is 0 Å². The summed E-state index contributed by atoms with van der Waals surface area (Å²) in [5, 5.41) is 3.61. The van der Waals surface area contributed by atoms with Gasteiger partial charge in [0.25, 0.3) is 0 Å². The van der Waals surface area contributed by atoms with Gasteiger partial charge in [0.1, 0.15) is 0 Å². The molecule has 1 unspecified atom stereocenters. The van der Waals surface area contributed by atoms with Crippen LogP contribution in [0.25, 0.3) is 0 Å². The van der Waals surface area contributed by atoms with E-state index in [1.807, 2.05) is 0 Å². The van der Waals surface area contributed by atoms with Crippen LogP contribution >= 0.6 is 15.9 Å². The maximum Gasteiger partial charge on any atom is 0.0750 e. The van der Waals surface area contributed by atoms with E-state index >= 15 is 0 Å². The van der Waals surface area contributed by atoms with Crippen LogP contribution in [0.4, 0.5) is 5.69 Å². The van der Waals surface area contributed by atoms with Gasteiger partial charge in [0.05, 0.1) is 6.10 Å². The Morgan fingerprint density at radius 3 is 2.90 bits per heavy atom. The van der Waals surface area contributed by atoms with E-state index in [2.05, 4.69) is 51.4 Å². The molecule has 2 aliphatic rings. The molecule has 20 heavy (non-hydrogen) atoms. The molecule has 110 valence electrons. The first-order valence-electron chi connectivity index (χ1n) is 7.57. The highest BCUT2D eigenvalue weighted by Gasteiger charge is 2.22. The van der Waals surface area contributed by atoms with Crippen LogP contribution in [-0.2, 0) is 11.3 Å². The molecule has 3 nitrogen and oxygen atoms in total. The van der Waals surface area contributed by atoms with Gasteiger partial charge in [0.15, 0.2) is 0 Å². The van der Waals surface area contributed by atoms with Gasteiger partial charge in [-0.15, -0.1) is 0 Å². The van der Waals surface area contributed by atoms with Crippen molar-refractivity contribution < 1.29 is 4.74 Å². The predicted molar refractivity (Wildman–Crippen MR) is 86.2 cm³/mol. The molecule has 0 bridgehead atoms. The minimum absolute atomic E-state index is 0.392. The van der Waals surface area contributed by atoms with Crippen molar-refractivity contribution >= 4 is 21.6 Å². The maximum atomic E-state index is 5.75.